The van der Waals surface area contributed by atoms with Crippen LogP contribution in [-0.2, 0) is 4.79 Å². The van der Waals surface area contributed by atoms with Crippen LogP contribution in [0.3, 0.4) is 0 Å². The van der Waals surface area contributed by atoms with Crippen molar-refractivity contribution in [2.45, 2.75) is 25.7 Å². The minimum absolute atomic E-state index is 0.0599. The molecule has 0 bridgehead atoms. The molecule has 2 rings (SSSR count). The third kappa shape index (κ3) is 2.98. The Morgan fingerprint density at radius 2 is 2.25 bits per heavy atom. The minimum atomic E-state index is 0.0599. The molecule has 1 fully saturated rings. The van der Waals surface area contributed by atoms with Crippen molar-refractivity contribution in [3.8, 4) is 0 Å². The second-order valence-corrected chi connectivity index (χ2v) is 5.50. The van der Waals surface area contributed by atoms with Gasteiger partial charge in [0.2, 0.25) is 5.91 Å². The summed E-state index contributed by atoms with van der Waals surface area (Å²) in [4.78, 5) is 11.7. The predicted molar refractivity (Wildman–Crippen MR) is 69.7 cm³/mol. The highest BCUT2D eigenvalue weighted by Crippen LogP contribution is 2.30. The zero-order valence-electron chi connectivity index (χ0n) is 8.80. The molecule has 0 saturated heterocycles. The summed E-state index contributed by atoms with van der Waals surface area (Å²) >= 11 is 9.34. The molecule has 1 aliphatic rings. The van der Waals surface area contributed by atoms with Crippen molar-refractivity contribution >= 4 is 39.1 Å². The number of rotatable bonds is 3. The lowest BCUT2D eigenvalue weighted by Gasteiger charge is -2.24. The van der Waals surface area contributed by atoms with Crippen molar-refractivity contribution in [1.82, 2.24) is 0 Å². The van der Waals surface area contributed by atoms with Crippen molar-refractivity contribution in [3.05, 3.63) is 27.7 Å². The lowest BCUT2D eigenvalue weighted by molar-refractivity contribution is -0.117. The summed E-state index contributed by atoms with van der Waals surface area (Å²) in [6.45, 7) is 0. The molecule has 0 aliphatic heterocycles. The van der Waals surface area contributed by atoms with E-state index in [0.29, 0.717) is 23.0 Å². The van der Waals surface area contributed by atoms with Crippen LogP contribution >= 0.6 is 27.5 Å². The minimum Gasteiger partial charge on any atom is -0.325 e. The molecule has 1 aromatic rings. The highest BCUT2D eigenvalue weighted by molar-refractivity contribution is 9.10. The average molecular weight is 303 g/mol. The van der Waals surface area contributed by atoms with Gasteiger partial charge in [0.15, 0.2) is 0 Å². The fourth-order valence-corrected chi connectivity index (χ4v) is 2.28. The first kappa shape index (κ1) is 11.9. The molecular formula is C12H13BrClNO. The fourth-order valence-electron chi connectivity index (χ4n) is 1.75. The van der Waals surface area contributed by atoms with E-state index < -0.39 is 0 Å². The van der Waals surface area contributed by atoms with E-state index in [9.17, 15) is 4.79 Å². The molecule has 2 nitrogen and oxygen atoms in total. The van der Waals surface area contributed by atoms with Crippen LogP contribution in [0.2, 0.25) is 5.02 Å². The zero-order valence-corrected chi connectivity index (χ0v) is 11.1. The summed E-state index contributed by atoms with van der Waals surface area (Å²) in [5.41, 5.74) is 0.681. The standard InChI is InChI=1S/C12H13BrClNO/c13-9-4-5-10(14)11(7-9)15-12(16)6-8-2-1-3-8/h4-5,7-8H,1-3,6H2,(H,15,16). The zero-order chi connectivity index (χ0) is 11.5. The van der Waals surface area contributed by atoms with E-state index in [1.54, 1.807) is 6.07 Å². The number of hydrogen-bond acceptors (Lipinski definition) is 1. The SMILES string of the molecule is O=C(CC1CCC1)Nc1cc(Br)ccc1Cl. The summed E-state index contributed by atoms with van der Waals surface area (Å²) < 4.78 is 0.913. The number of halogens is 2. The summed E-state index contributed by atoms with van der Waals surface area (Å²) in [5.74, 6) is 0.635. The molecule has 1 N–H and O–H groups in total. The molecule has 1 amide bonds. The first-order valence-corrected chi connectivity index (χ1v) is 6.57. The monoisotopic (exact) mass is 301 g/mol. The fraction of sp³-hybridized carbons (Fsp3) is 0.417. The lowest BCUT2D eigenvalue weighted by atomic mass is 9.83. The highest BCUT2D eigenvalue weighted by atomic mass is 79.9. The number of benzene rings is 1. The number of anilines is 1. The van der Waals surface area contributed by atoms with E-state index in [4.69, 9.17) is 11.6 Å². The van der Waals surface area contributed by atoms with Crippen molar-refractivity contribution in [2.75, 3.05) is 5.32 Å². The summed E-state index contributed by atoms with van der Waals surface area (Å²) in [6.07, 6.45) is 4.23. The molecular weight excluding hydrogens is 289 g/mol. The number of hydrogen-bond donors (Lipinski definition) is 1. The molecule has 0 spiro atoms. The Labute approximate surface area is 108 Å². The molecule has 1 saturated carbocycles. The Balaban J connectivity index is 1.96. The van der Waals surface area contributed by atoms with Crippen LogP contribution < -0.4 is 5.32 Å². The molecule has 0 unspecified atom stereocenters. The van der Waals surface area contributed by atoms with Gasteiger partial charge < -0.3 is 5.32 Å². The molecule has 1 aliphatic carbocycles. The molecule has 1 aromatic carbocycles. The number of nitrogens with one attached hydrogen (secondary N) is 1. The molecule has 0 radical (unpaired) electrons. The van der Waals surface area contributed by atoms with E-state index in [-0.39, 0.29) is 5.91 Å². The van der Waals surface area contributed by atoms with E-state index in [0.717, 1.165) is 4.47 Å². The van der Waals surface area contributed by atoms with E-state index >= 15 is 0 Å². The van der Waals surface area contributed by atoms with E-state index in [1.165, 1.54) is 19.3 Å². The maximum atomic E-state index is 11.7. The molecule has 16 heavy (non-hydrogen) atoms. The average Bonchev–Trinajstić information content (AvgIpc) is 2.18. The van der Waals surface area contributed by atoms with Crippen LogP contribution in [0.1, 0.15) is 25.7 Å². The number of carbonyl (C=O) groups excluding carboxylic acids is 1. The van der Waals surface area contributed by atoms with Crippen LogP contribution in [0.5, 0.6) is 0 Å². The van der Waals surface area contributed by atoms with Crippen LogP contribution in [0, 0.1) is 5.92 Å². The van der Waals surface area contributed by atoms with Gasteiger partial charge in [0, 0.05) is 10.9 Å². The molecule has 0 heterocycles. The van der Waals surface area contributed by atoms with Gasteiger partial charge in [-0.05, 0) is 37.0 Å². The third-order valence-electron chi connectivity index (χ3n) is 2.90. The molecule has 0 aromatic heterocycles. The van der Waals surface area contributed by atoms with Gasteiger partial charge in [-0.3, -0.25) is 4.79 Å². The Morgan fingerprint density at radius 1 is 1.50 bits per heavy atom. The first-order chi connectivity index (χ1) is 7.65. The second-order valence-electron chi connectivity index (χ2n) is 4.17. The first-order valence-electron chi connectivity index (χ1n) is 5.40. The van der Waals surface area contributed by atoms with Gasteiger partial charge in [0.25, 0.3) is 0 Å². The topological polar surface area (TPSA) is 29.1 Å². The quantitative estimate of drug-likeness (QED) is 0.889. The van der Waals surface area contributed by atoms with Crippen molar-refractivity contribution in [3.63, 3.8) is 0 Å². The van der Waals surface area contributed by atoms with Crippen LogP contribution in [0.15, 0.2) is 22.7 Å². The lowest BCUT2D eigenvalue weighted by Crippen LogP contribution is -2.20. The maximum absolute atomic E-state index is 11.7. The summed E-state index contributed by atoms with van der Waals surface area (Å²) in [5, 5.41) is 3.42. The number of amides is 1. The predicted octanol–water partition coefficient (Wildman–Crippen LogP) is 4.23. The smallest absolute Gasteiger partial charge is 0.224 e. The Morgan fingerprint density at radius 3 is 2.88 bits per heavy atom. The molecule has 0 atom stereocenters. The molecule has 86 valence electrons. The largest absolute Gasteiger partial charge is 0.325 e. The normalized spacial score (nSPS) is 15.6. The summed E-state index contributed by atoms with van der Waals surface area (Å²) in [7, 11) is 0. The second kappa shape index (κ2) is 5.19. The Bertz CT molecular complexity index is 404. The van der Waals surface area contributed by atoms with Gasteiger partial charge >= 0.3 is 0 Å². The maximum Gasteiger partial charge on any atom is 0.224 e. The van der Waals surface area contributed by atoms with Crippen molar-refractivity contribution in [1.29, 1.82) is 0 Å². The van der Waals surface area contributed by atoms with Crippen LogP contribution in [-0.4, -0.2) is 5.91 Å². The van der Waals surface area contributed by atoms with Gasteiger partial charge in [0.1, 0.15) is 0 Å². The van der Waals surface area contributed by atoms with Gasteiger partial charge in [-0.25, -0.2) is 0 Å². The van der Waals surface area contributed by atoms with E-state index in [2.05, 4.69) is 21.2 Å². The van der Waals surface area contributed by atoms with Gasteiger partial charge in [-0.1, -0.05) is 34.0 Å². The summed E-state index contributed by atoms with van der Waals surface area (Å²) in [6, 6.07) is 5.44. The van der Waals surface area contributed by atoms with E-state index in [1.807, 2.05) is 12.1 Å². The van der Waals surface area contributed by atoms with Crippen molar-refractivity contribution < 1.29 is 4.79 Å². The third-order valence-corrected chi connectivity index (χ3v) is 3.72. The van der Waals surface area contributed by atoms with Crippen LogP contribution in [0.4, 0.5) is 5.69 Å². The van der Waals surface area contributed by atoms with Crippen molar-refractivity contribution in [2.24, 2.45) is 5.92 Å². The number of carbonyl (C=O) groups is 1. The molecule has 4 heteroatoms. The Kier molecular flexibility index (Phi) is 3.87. The Hall–Kier alpha value is -0.540. The van der Waals surface area contributed by atoms with Gasteiger partial charge in [-0.2, -0.15) is 0 Å². The highest BCUT2D eigenvalue weighted by Gasteiger charge is 2.20. The van der Waals surface area contributed by atoms with Gasteiger partial charge in [-0.15, -0.1) is 0 Å². The van der Waals surface area contributed by atoms with Gasteiger partial charge in [0.05, 0.1) is 10.7 Å². The van der Waals surface area contributed by atoms with Crippen LogP contribution in [0.25, 0.3) is 0 Å².